The Morgan fingerprint density at radius 1 is 1.19 bits per heavy atom. The fourth-order valence-corrected chi connectivity index (χ4v) is 3.09. The van der Waals surface area contributed by atoms with Crippen molar-refractivity contribution in [2.45, 2.75) is 32.6 Å². The molecule has 1 aliphatic carbocycles. The molecule has 1 aromatic rings. The molecule has 0 unspecified atom stereocenters. The van der Waals surface area contributed by atoms with Crippen LogP contribution in [0.15, 0.2) is 12.4 Å². The molecule has 0 N–H and O–H groups in total. The molecule has 1 saturated carbocycles. The summed E-state index contributed by atoms with van der Waals surface area (Å²) in [5, 5.41) is 0. The number of hydrogen-bond acceptors (Lipinski definition) is 3. The van der Waals surface area contributed by atoms with E-state index in [4.69, 9.17) is 0 Å². The van der Waals surface area contributed by atoms with Crippen molar-refractivity contribution in [3.05, 3.63) is 18.0 Å². The van der Waals surface area contributed by atoms with Crippen LogP contribution in [0, 0.1) is 11.8 Å². The minimum absolute atomic E-state index is 0.912. The van der Waals surface area contributed by atoms with Crippen molar-refractivity contribution in [3.63, 3.8) is 0 Å². The molecule has 16 heavy (non-hydrogen) atoms. The third-order valence-electron chi connectivity index (χ3n) is 4.11. The minimum atomic E-state index is 0.912. The second kappa shape index (κ2) is 4.04. The molecule has 2 aliphatic rings. The van der Waals surface area contributed by atoms with Gasteiger partial charge in [0.05, 0.1) is 0 Å². The maximum absolute atomic E-state index is 4.47. The smallest absolute Gasteiger partial charge is 0.225 e. The molecule has 0 spiro atoms. The molecule has 0 radical (unpaired) electrons. The first-order chi connectivity index (χ1) is 7.86. The number of anilines is 1. The lowest BCUT2D eigenvalue weighted by Gasteiger charge is -2.16. The van der Waals surface area contributed by atoms with Gasteiger partial charge in [0.15, 0.2) is 0 Å². The monoisotopic (exact) mass is 217 g/mol. The summed E-state index contributed by atoms with van der Waals surface area (Å²) >= 11 is 0. The van der Waals surface area contributed by atoms with Crippen LogP contribution in [0.25, 0.3) is 0 Å². The summed E-state index contributed by atoms with van der Waals surface area (Å²) < 4.78 is 0. The highest BCUT2D eigenvalue weighted by molar-refractivity contribution is 5.32. The van der Waals surface area contributed by atoms with Crippen LogP contribution in [0.2, 0.25) is 0 Å². The Morgan fingerprint density at radius 3 is 2.38 bits per heavy atom. The van der Waals surface area contributed by atoms with Crippen molar-refractivity contribution in [1.82, 2.24) is 9.97 Å². The normalized spacial score (nSPS) is 28.4. The van der Waals surface area contributed by atoms with Crippen molar-refractivity contribution in [1.29, 1.82) is 0 Å². The van der Waals surface area contributed by atoms with Gasteiger partial charge in [-0.15, -0.1) is 0 Å². The van der Waals surface area contributed by atoms with E-state index < -0.39 is 0 Å². The molecule has 1 aliphatic heterocycles. The van der Waals surface area contributed by atoms with Crippen molar-refractivity contribution in [2.75, 3.05) is 18.0 Å². The van der Waals surface area contributed by atoms with Gasteiger partial charge in [-0.25, -0.2) is 9.97 Å². The van der Waals surface area contributed by atoms with E-state index in [0.717, 1.165) is 24.2 Å². The van der Waals surface area contributed by atoms with Gasteiger partial charge < -0.3 is 4.90 Å². The third-order valence-corrected chi connectivity index (χ3v) is 4.11. The molecule has 1 saturated heterocycles. The van der Waals surface area contributed by atoms with E-state index in [-0.39, 0.29) is 0 Å². The van der Waals surface area contributed by atoms with E-state index in [0.29, 0.717) is 0 Å². The maximum atomic E-state index is 4.47. The Hall–Kier alpha value is -1.12. The van der Waals surface area contributed by atoms with Gasteiger partial charge in [0.1, 0.15) is 0 Å². The second-order valence-corrected chi connectivity index (χ2v) is 5.10. The van der Waals surface area contributed by atoms with E-state index in [2.05, 4.69) is 21.8 Å². The zero-order valence-electron chi connectivity index (χ0n) is 9.89. The lowest BCUT2D eigenvalue weighted by molar-refractivity contribution is 0.494. The van der Waals surface area contributed by atoms with Gasteiger partial charge in [0.2, 0.25) is 5.95 Å². The quantitative estimate of drug-likeness (QED) is 0.761. The highest BCUT2D eigenvalue weighted by atomic mass is 15.3. The molecule has 2 heterocycles. The summed E-state index contributed by atoms with van der Waals surface area (Å²) in [5.74, 6) is 2.76. The molecule has 1 aromatic heterocycles. The van der Waals surface area contributed by atoms with E-state index in [1.807, 2.05) is 12.4 Å². The van der Waals surface area contributed by atoms with Crippen LogP contribution >= 0.6 is 0 Å². The maximum Gasteiger partial charge on any atom is 0.225 e. The molecule has 86 valence electrons. The van der Waals surface area contributed by atoms with E-state index in [9.17, 15) is 0 Å². The van der Waals surface area contributed by atoms with Crippen LogP contribution in [0.1, 0.15) is 31.7 Å². The van der Waals surface area contributed by atoms with Gasteiger partial charge in [-0.1, -0.05) is 13.3 Å². The van der Waals surface area contributed by atoms with E-state index in [1.54, 1.807) is 0 Å². The Labute approximate surface area is 96.9 Å². The zero-order valence-corrected chi connectivity index (χ0v) is 9.89. The largest absolute Gasteiger partial charge is 0.340 e. The summed E-state index contributed by atoms with van der Waals surface area (Å²) in [6.07, 6.45) is 9.21. The van der Waals surface area contributed by atoms with Gasteiger partial charge in [-0.05, 0) is 36.7 Å². The van der Waals surface area contributed by atoms with Gasteiger partial charge in [0, 0.05) is 25.5 Å². The van der Waals surface area contributed by atoms with Crippen LogP contribution in [-0.2, 0) is 6.42 Å². The van der Waals surface area contributed by atoms with Crippen LogP contribution in [0.3, 0.4) is 0 Å². The van der Waals surface area contributed by atoms with Crippen LogP contribution in [0.5, 0.6) is 0 Å². The Balaban J connectivity index is 1.73. The van der Waals surface area contributed by atoms with Crippen LogP contribution < -0.4 is 4.90 Å². The predicted molar refractivity (Wildman–Crippen MR) is 64.5 cm³/mol. The number of rotatable bonds is 2. The molecule has 0 aromatic carbocycles. The standard InChI is InChI=1S/C13H19N3/c1-2-10-6-14-13(15-7-10)16-8-11-4-3-5-12(11)9-16/h6-7,11-12H,2-5,8-9H2,1H3/t11-,12+. The van der Waals surface area contributed by atoms with Crippen molar-refractivity contribution in [3.8, 4) is 0 Å². The minimum Gasteiger partial charge on any atom is -0.340 e. The molecule has 0 bridgehead atoms. The first kappa shape index (κ1) is 10.1. The molecular formula is C13H19N3. The first-order valence-corrected chi connectivity index (χ1v) is 6.42. The number of aryl methyl sites for hydroxylation is 1. The number of nitrogens with zero attached hydrogens (tertiary/aromatic N) is 3. The summed E-state index contributed by atoms with van der Waals surface area (Å²) in [6, 6.07) is 0. The van der Waals surface area contributed by atoms with Gasteiger partial charge in [-0.3, -0.25) is 0 Å². The number of fused-ring (bicyclic) bond motifs is 1. The average Bonchev–Trinajstić information content (AvgIpc) is 2.89. The lowest BCUT2D eigenvalue weighted by atomic mass is 10.0. The lowest BCUT2D eigenvalue weighted by Crippen LogP contribution is -2.23. The molecule has 2 atom stereocenters. The van der Waals surface area contributed by atoms with Crippen molar-refractivity contribution < 1.29 is 0 Å². The fraction of sp³-hybridized carbons (Fsp3) is 0.692. The molecule has 3 heteroatoms. The van der Waals surface area contributed by atoms with Crippen molar-refractivity contribution >= 4 is 5.95 Å². The number of aromatic nitrogens is 2. The Kier molecular flexibility index (Phi) is 2.54. The highest BCUT2D eigenvalue weighted by Gasteiger charge is 2.36. The second-order valence-electron chi connectivity index (χ2n) is 5.10. The summed E-state index contributed by atoms with van der Waals surface area (Å²) in [7, 11) is 0. The average molecular weight is 217 g/mol. The van der Waals surface area contributed by atoms with E-state index in [1.165, 1.54) is 37.9 Å². The molecule has 3 rings (SSSR count). The van der Waals surface area contributed by atoms with E-state index >= 15 is 0 Å². The Morgan fingerprint density at radius 2 is 1.81 bits per heavy atom. The first-order valence-electron chi connectivity index (χ1n) is 6.42. The molecule has 0 amide bonds. The highest BCUT2D eigenvalue weighted by Crippen LogP contribution is 2.38. The molecular weight excluding hydrogens is 198 g/mol. The predicted octanol–water partition coefficient (Wildman–Crippen LogP) is 2.28. The SMILES string of the molecule is CCc1cnc(N2C[C@H]3CCC[C@H]3C2)nc1. The van der Waals surface area contributed by atoms with Crippen LogP contribution in [-0.4, -0.2) is 23.1 Å². The van der Waals surface area contributed by atoms with Crippen molar-refractivity contribution in [2.24, 2.45) is 11.8 Å². The zero-order chi connectivity index (χ0) is 11.0. The molecule has 2 fully saturated rings. The summed E-state index contributed by atoms with van der Waals surface area (Å²) in [6.45, 7) is 4.49. The fourth-order valence-electron chi connectivity index (χ4n) is 3.09. The third kappa shape index (κ3) is 1.68. The summed E-state index contributed by atoms with van der Waals surface area (Å²) in [4.78, 5) is 11.3. The summed E-state index contributed by atoms with van der Waals surface area (Å²) in [5.41, 5.74) is 1.23. The van der Waals surface area contributed by atoms with Gasteiger partial charge in [0.25, 0.3) is 0 Å². The Bertz CT molecular complexity index is 348. The van der Waals surface area contributed by atoms with Gasteiger partial charge >= 0.3 is 0 Å². The van der Waals surface area contributed by atoms with Gasteiger partial charge in [-0.2, -0.15) is 0 Å². The topological polar surface area (TPSA) is 29.0 Å². The number of hydrogen-bond donors (Lipinski definition) is 0. The van der Waals surface area contributed by atoms with Crippen LogP contribution in [0.4, 0.5) is 5.95 Å². The molecule has 3 nitrogen and oxygen atoms in total.